The zero-order valence-corrected chi connectivity index (χ0v) is 27.5. The molecule has 0 saturated carbocycles. The van der Waals surface area contributed by atoms with E-state index < -0.39 is 41.5 Å². The summed E-state index contributed by atoms with van der Waals surface area (Å²) < 4.78 is 9.84. The van der Waals surface area contributed by atoms with E-state index in [1.165, 1.54) is 25.0 Å². The fraction of sp³-hybridized carbons (Fsp3) is 0.457. The Morgan fingerprint density at radius 3 is 1.14 bits per heavy atom. The molecule has 44 heavy (non-hydrogen) atoms. The first kappa shape index (κ1) is 36.2. The second kappa shape index (κ2) is 15.2. The molecule has 2 unspecified atom stereocenters. The van der Waals surface area contributed by atoms with E-state index >= 15 is 0 Å². The first-order chi connectivity index (χ1) is 20.4. The van der Waals surface area contributed by atoms with Gasteiger partial charge in [-0.25, -0.2) is 14.4 Å². The van der Waals surface area contributed by atoms with Crippen molar-refractivity contribution in [2.24, 2.45) is 0 Å². The number of hydrogen-bond acceptors (Lipinski definition) is 9. The molecule has 0 spiro atoms. The summed E-state index contributed by atoms with van der Waals surface area (Å²) in [6.07, 6.45) is -3.87. The number of carbonyl (C=O) groups excluding carboxylic acids is 3. The Morgan fingerprint density at radius 2 is 0.864 bits per heavy atom. The first-order valence-corrected chi connectivity index (χ1v) is 14.6. The molecule has 0 bridgehead atoms. The molecule has 0 aromatic heterocycles. The minimum atomic E-state index is -1.33. The van der Waals surface area contributed by atoms with Crippen LogP contribution in [0.25, 0.3) is 0 Å². The average molecular weight is 611 g/mol. The van der Waals surface area contributed by atoms with Crippen LogP contribution in [0, 0.1) is 0 Å². The van der Waals surface area contributed by atoms with Gasteiger partial charge in [-0.1, -0.05) is 117 Å². The second-order valence-corrected chi connectivity index (χ2v) is 12.3. The highest BCUT2D eigenvalue weighted by molar-refractivity contribution is 5.90. The Kier molecular flexibility index (Phi) is 12.5. The second-order valence-electron chi connectivity index (χ2n) is 12.3. The van der Waals surface area contributed by atoms with Gasteiger partial charge < -0.3 is 9.47 Å². The molecule has 9 nitrogen and oxygen atoms in total. The van der Waals surface area contributed by atoms with E-state index in [1.807, 2.05) is 76.2 Å². The van der Waals surface area contributed by atoms with Gasteiger partial charge in [0.05, 0.1) is 0 Å². The molecule has 2 aromatic carbocycles. The maximum Gasteiger partial charge on any atom is 0.513 e. The van der Waals surface area contributed by atoms with Crippen molar-refractivity contribution in [1.29, 1.82) is 0 Å². The van der Waals surface area contributed by atoms with E-state index in [2.05, 4.69) is 40.9 Å². The lowest BCUT2D eigenvalue weighted by molar-refractivity contribution is -0.351. The first-order valence-electron chi connectivity index (χ1n) is 14.6. The summed E-state index contributed by atoms with van der Waals surface area (Å²) >= 11 is 0. The molecule has 2 atom stereocenters. The Morgan fingerprint density at radius 1 is 0.568 bits per heavy atom. The van der Waals surface area contributed by atoms with E-state index in [1.54, 1.807) is 0 Å². The molecule has 0 heterocycles. The lowest BCUT2D eigenvalue weighted by atomic mass is 9.78. The Balaban J connectivity index is 1.81. The fourth-order valence-electron chi connectivity index (χ4n) is 4.09. The summed E-state index contributed by atoms with van der Waals surface area (Å²) in [5, 5.41) is 0. The molecule has 0 radical (unpaired) electrons. The fourth-order valence-corrected chi connectivity index (χ4v) is 4.09. The number of carbonyl (C=O) groups is 3. The Labute approximate surface area is 261 Å². The van der Waals surface area contributed by atoms with Crippen molar-refractivity contribution < 1.29 is 43.4 Å². The molecule has 2 aromatic rings. The molecule has 0 saturated heterocycles. The monoisotopic (exact) mass is 610 g/mol. The molecule has 240 valence electrons. The summed E-state index contributed by atoms with van der Waals surface area (Å²) in [7, 11) is 0. The summed E-state index contributed by atoms with van der Waals surface area (Å²) in [5.74, 6) is -0.895. The lowest BCUT2D eigenvalue weighted by Crippen LogP contribution is -2.30. The minimum Gasteiger partial charge on any atom is -0.401 e. The number of hydrogen-bond donors (Lipinski definition) is 0. The third-order valence-electron chi connectivity index (χ3n) is 7.64. The maximum absolute atomic E-state index is 12.6. The van der Waals surface area contributed by atoms with Crippen molar-refractivity contribution in [1.82, 2.24) is 0 Å². The van der Waals surface area contributed by atoms with Gasteiger partial charge in [0.1, 0.15) is 0 Å². The normalized spacial score (nSPS) is 13.2. The Hall–Kier alpha value is -3.95. The van der Waals surface area contributed by atoms with Crippen molar-refractivity contribution >= 4 is 18.1 Å². The van der Waals surface area contributed by atoms with Gasteiger partial charge in [-0.3, -0.25) is 9.78 Å². The molecular formula is C35H46O9. The van der Waals surface area contributed by atoms with Crippen molar-refractivity contribution in [2.45, 2.75) is 104 Å². The largest absolute Gasteiger partial charge is 0.513 e. The molecule has 2 rings (SSSR count). The van der Waals surface area contributed by atoms with Crippen LogP contribution in [0.1, 0.15) is 103 Å². The average Bonchev–Trinajstić information content (AvgIpc) is 2.97. The third-order valence-corrected chi connectivity index (χ3v) is 7.64. The van der Waals surface area contributed by atoms with E-state index in [-0.39, 0.29) is 11.1 Å². The van der Waals surface area contributed by atoms with E-state index in [9.17, 15) is 14.4 Å². The summed E-state index contributed by atoms with van der Waals surface area (Å²) in [4.78, 5) is 56.9. The van der Waals surface area contributed by atoms with Gasteiger partial charge in [0.2, 0.25) is 12.6 Å². The van der Waals surface area contributed by atoms with Crippen molar-refractivity contribution in [2.75, 3.05) is 0 Å². The standard InChI is InChI=1S/C35H46O9/c1-21(2)27-13-17-29(18-14-27)34(9,10)23(5)31(36)43-41-25(7)39-33(38)40-26(8)42-44-32(37)24(6)35(11,12)30-19-15-28(16-20-30)22(3)4/h13-22,25-26H,5-6H2,1-4,7-12H3. The maximum atomic E-state index is 12.6. The van der Waals surface area contributed by atoms with Gasteiger partial charge in [0.15, 0.2) is 0 Å². The van der Waals surface area contributed by atoms with Gasteiger partial charge >= 0.3 is 18.1 Å². The van der Waals surface area contributed by atoms with E-state index in [0.717, 1.165) is 11.1 Å². The highest BCUT2D eigenvalue weighted by atomic mass is 17.2. The molecule has 0 aliphatic heterocycles. The van der Waals surface area contributed by atoms with Gasteiger partial charge in [-0.15, -0.1) is 9.78 Å². The van der Waals surface area contributed by atoms with Gasteiger partial charge in [-0.05, 0) is 34.1 Å². The molecule has 9 heteroatoms. The van der Waals surface area contributed by atoms with Crippen LogP contribution < -0.4 is 0 Å². The predicted molar refractivity (Wildman–Crippen MR) is 166 cm³/mol. The third kappa shape index (κ3) is 9.53. The zero-order valence-electron chi connectivity index (χ0n) is 27.5. The lowest BCUT2D eigenvalue weighted by Gasteiger charge is -2.27. The molecule has 0 N–H and O–H groups in total. The number of benzene rings is 2. The van der Waals surface area contributed by atoms with Gasteiger partial charge in [0, 0.05) is 35.8 Å². The van der Waals surface area contributed by atoms with Crippen LogP contribution in [-0.2, 0) is 49.4 Å². The van der Waals surface area contributed by atoms with E-state index in [4.69, 9.17) is 29.0 Å². The van der Waals surface area contributed by atoms with Crippen LogP contribution in [0.3, 0.4) is 0 Å². The van der Waals surface area contributed by atoms with E-state index in [0.29, 0.717) is 11.8 Å². The zero-order chi connectivity index (χ0) is 33.4. The summed E-state index contributed by atoms with van der Waals surface area (Å²) in [6.45, 7) is 26.1. The highest BCUT2D eigenvalue weighted by Crippen LogP contribution is 2.33. The smallest absolute Gasteiger partial charge is 0.401 e. The topological polar surface area (TPSA) is 107 Å². The molecule has 0 fully saturated rings. The van der Waals surface area contributed by atoms with Gasteiger partial charge in [0.25, 0.3) is 0 Å². The van der Waals surface area contributed by atoms with Crippen LogP contribution in [-0.4, -0.2) is 30.7 Å². The molecule has 0 amide bonds. The van der Waals surface area contributed by atoms with Crippen LogP contribution >= 0.6 is 0 Å². The Bertz CT molecular complexity index is 1220. The van der Waals surface area contributed by atoms with Crippen molar-refractivity contribution in [3.05, 3.63) is 95.1 Å². The van der Waals surface area contributed by atoms with Crippen LogP contribution in [0.15, 0.2) is 72.8 Å². The molecule has 0 aliphatic rings. The molecule has 0 aliphatic carbocycles. The van der Waals surface area contributed by atoms with Crippen LogP contribution in [0.4, 0.5) is 4.79 Å². The minimum absolute atomic E-state index is 0.144. The number of ether oxygens (including phenoxy) is 2. The number of rotatable bonds is 14. The van der Waals surface area contributed by atoms with Crippen LogP contribution in [0.2, 0.25) is 0 Å². The SMILES string of the molecule is C=C(C(=O)OOC(C)OC(=O)OC(C)OOC(=O)C(=C)C(C)(C)c1ccc(C(C)C)cc1)C(C)(C)c1ccc(C(C)C)cc1. The molecular weight excluding hydrogens is 564 g/mol. The quantitative estimate of drug-likeness (QED) is 0.0689. The van der Waals surface area contributed by atoms with Gasteiger partial charge in [-0.2, -0.15) is 0 Å². The van der Waals surface area contributed by atoms with Crippen molar-refractivity contribution in [3.8, 4) is 0 Å². The summed E-state index contributed by atoms with van der Waals surface area (Å²) in [6, 6.07) is 15.8. The summed E-state index contributed by atoms with van der Waals surface area (Å²) in [5.41, 5.74) is 2.89. The van der Waals surface area contributed by atoms with Crippen molar-refractivity contribution in [3.63, 3.8) is 0 Å². The van der Waals surface area contributed by atoms with Crippen LogP contribution in [0.5, 0.6) is 0 Å². The predicted octanol–water partition coefficient (Wildman–Crippen LogP) is 8.10. The highest BCUT2D eigenvalue weighted by Gasteiger charge is 2.33.